The number of carbonyl (C=O) groups is 1. The van der Waals surface area contributed by atoms with E-state index in [1.165, 1.54) is 35.0 Å². The third-order valence-electron chi connectivity index (χ3n) is 5.41. The van der Waals surface area contributed by atoms with Crippen LogP contribution in [-0.2, 0) is 4.79 Å². The smallest absolute Gasteiger partial charge is 0.271 e. The zero-order chi connectivity index (χ0) is 22.5. The molecule has 1 amide bonds. The van der Waals surface area contributed by atoms with Gasteiger partial charge in [-0.1, -0.05) is 17.7 Å². The second kappa shape index (κ2) is 9.64. The highest BCUT2D eigenvalue weighted by atomic mass is 19.1. The second-order valence-electron chi connectivity index (χ2n) is 7.74. The number of nitrogens with zero attached hydrogens (tertiary/aromatic N) is 4. The molecule has 0 radical (unpaired) electrons. The fourth-order valence-corrected chi connectivity index (χ4v) is 3.60. The number of aromatic nitrogens is 2. The van der Waals surface area contributed by atoms with E-state index in [9.17, 15) is 14.0 Å². The summed E-state index contributed by atoms with van der Waals surface area (Å²) in [7, 11) is 0. The number of hydrogen-bond acceptors (Lipinski definition) is 5. The van der Waals surface area contributed by atoms with E-state index in [1.54, 1.807) is 11.0 Å². The molecule has 32 heavy (non-hydrogen) atoms. The van der Waals surface area contributed by atoms with Gasteiger partial charge in [0.05, 0.1) is 5.69 Å². The second-order valence-corrected chi connectivity index (χ2v) is 7.74. The van der Waals surface area contributed by atoms with Gasteiger partial charge in [0.1, 0.15) is 17.4 Å². The number of carbonyl (C=O) groups excluding carboxylic acids is 1. The Labute approximate surface area is 185 Å². The highest BCUT2D eigenvalue weighted by Crippen LogP contribution is 2.15. The van der Waals surface area contributed by atoms with Crippen molar-refractivity contribution in [2.45, 2.75) is 13.3 Å². The molecule has 0 unspecified atom stereocenters. The Morgan fingerprint density at radius 2 is 1.72 bits per heavy atom. The summed E-state index contributed by atoms with van der Waals surface area (Å²) in [5, 5.41) is 4.56. The number of amides is 1. The molecule has 0 bridgehead atoms. The molecular weight excluding hydrogens is 411 g/mol. The number of benzene rings is 2. The quantitative estimate of drug-likeness (QED) is 0.615. The first kappa shape index (κ1) is 21.5. The third-order valence-corrected chi connectivity index (χ3v) is 5.41. The molecule has 2 heterocycles. The predicted octanol–water partition coefficient (Wildman–Crippen LogP) is 2.80. The molecule has 0 aliphatic carbocycles. The van der Waals surface area contributed by atoms with Crippen molar-refractivity contribution in [2.24, 2.45) is 0 Å². The number of hydrogen-bond donors (Lipinski definition) is 0. The van der Waals surface area contributed by atoms with E-state index in [-0.39, 0.29) is 23.9 Å². The maximum atomic E-state index is 13.0. The lowest BCUT2D eigenvalue weighted by Gasteiger charge is -2.23. The normalized spacial score (nSPS) is 14.2. The highest BCUT2D eigenvalue weighted by Gasteiger charge is 2.21. The standard InChI is InChI=1S/C24H25FN4O3/c1-18-3-7-20(8-4-18)29-23(30)12-11-22(26-29)27-13-2-14-28(16-15-27)24(31)17-32-21-9-5-19(25)6-10-21/h3-12H,2,13-17H2,1H3. The number of aryl methyl sites for hydroxylation is 1. The average molecular weight is 436 g/mol. The predicted molar refractivity (Wildman–Crippen MR) is 120 cm³/mol. The van der Waals surface area contributed by atoms with E-state index in [1.807, 2.05) is 31.2 Å². The summed E-state index contributed by atoms with van der Waals surface area (Å²) in [6.07, 6.45) is 0.771. The largest absolute Gasteiger partial charge is 0.484 e. The molecule has 0 saturated carbocycles. The van der Waals surface area contributed by atoms with E-state index in [4.69, 9.17) is 4.74 Å². The van der Waals surface area contributed by atoms with Gasteiger partial charge in [-0.3, -0.25) is 9.59 Å². The number of halogens is 1. The van der Waals surface area contributed by atoms with Crippen molar-refractivity contribution >= 4 is 11.7 Å². The molecule has 2 aromatic carbocycles. The van der Waals surface area contributed by atoms with Crippen molar-refractivity contribution < 1.29 is 13.9 Å². The molecule has 1 fully saturated rings. The van der Waals surface area contributed by atoms with Crippen molar-refractivity contribution in [3.05, 3.63) is 82.4 Å². The van der Waals surface area contributed by atoms with Crippen LogP contribution in [0.1, 0.15) is 12.0 Å². The molecule has 4 rings (SSSR count). The Kier molecular flexibility index (Phi) is 6.49. The van der Waals surface area contributed by atoms with Crippen LogP contribution in [-0.4, -0.2) is 53.4 Å². The lowest BCUT2D eigenvalue weighted by atomic mass is 10.2. The molecule has 1 aliphatic heterocycles. The lowest BCUT2D eigenvalue weighted by molar-refractivity contribution is -0.133. The van der Waals surface area contributed by atoms with Crippen LogP contribution in [0.5, 0.6) is 5.75 Å². The third kappa shape index (κ3) is 5.14. The van der Waals surface area contributed by atoms with E-state index in [2.05, 4.69) is 10.00 Å². The van der Waals surface area contributed by atoms with Gasteiger partial charge in [-0.25, -0.2) is 4.39 Å². The van der Waals surface area contributed by atoms with Crippen LogP contribution in [0.3, 0.4) is 0 Å². The van der Waals surface area contributed by atoms with Gasteiger partial charge in [0, 0.05) is 32.2 Å². The SMILES string of the molecule is Cc1ccc(-n2nc(N3CCCN(C(=O)COc4ccc(F)cc4)CC3)ccc2=O)cc1. The topological polar surface area (TPSA) is 67.7 Å². The summed E-state index contributed by atoms with van der Waals surface area (Å²) >= 11 is 0. The van der Waals surface area contributed by atoms with Gasteiger partial charge in [-0.15, -0.1) is 5.10 Å². The fraction of sp³-hybridized carbons (Fsp3) is 0.292. The summed E-state index contributed by atoms with van der Waals surface area (Å²) < 4.78 is 19.9. The molecule has 166 valence electrons. The van der Waals surface area contributed by atoms with Gasteiger partial charge in [0.2, 0.25) is 0 Å². The van der Waals surface area contributed by atoms with Crippen molar-refractivity contribution in [2.75, 3.05) is 37.7 Å². The van der Waals surface area contributed by atoms with Crippen LogP contribution in [0.15, 0.2) is 65.5 Å². The molecule has 0 N–H and O–H groups in total. The van der Waals surface area contributed by atoms with Gasteiger partial charge in [-0.05, 0) is 55.8 Å². The Bertz CT molecular complexity index is 1130. The zero-order valence-electron chi connectivity index (χ0n) is 17.9. The van der Waals surface area contributed by atoms with Gasteiger partial charge < -0.3 is 14.5 Å². The molecule has 8 heteroatoms. The first-order valence-corrected chi connectivity index (χ1v) is 10.6. The molecule has 7 nitrogen and oxygen atoms in total. The summed E-state index contributed by atoms with van der Waals surface area (Å²) in [6.45, 7) is 4.35. The van der Waals surface area contributed by atoms with Crippen molar-refractivity contribution in [1.82, 2.24) is 14.7 Å². The van der Waals surface area contributed by atoms with Crippen LogP contribution in [0.2, 0.25) is 0 Å². The lowest BCUT2D eigenvalue weighted by Crippen LogP contribution is -2.38. The monoisotopic (exact) mass is 436 g/mol. The number of ether oxygens (including phenoxy) is 1. The van der Waals surface area contributed by atoms with Gasteiger partial charge in [0.25, 0.3) is 11.5 Å². The van der Waals surface area contributed by atoms with Crippen LogP contribution in [0, 0.1) is 12.7 Å². The van der Waals surface area contributed by atoms with Gasteiger partial charge >= 0.3 is 0 Å². The fourth-order valence-electron chi connectivity index (χ4n) is 3.60. The Hall–Kier alpha value is -3.68. The highest BCUT2D eigenvalue weighted by molar-refractivity contribution is 5.77. The maximum Gasteiger partial charge on any atom is 0.271 e. The van der Waals surface area contributed by atoms with Crippen LogP contribution < -0.4 is 15.2 Å². The average Bonchev–Trinajstić information content (AvgIpc) is 3.06. The minimum Gasteiger partial charge on any atom is -0.484 e. The molecule has 0 atom stereocenters. The Morgan fingerprint density at radius 3 is 2.47 bits per heavy atom. The zero-order valence-corrected chi connectivity index (χ0v) is 17.9. The summed E-state index contributed by atoms with van der Waals surface area (Å²) in [6, 6.07) is 16.5. The molecule has 1 saturated heterocycles. The van der Waals surface area contributed by atoms with Crippen LogP contribution in [0.25, 0.3) is 5.69 Å². The first-order chi connectivity index (χ1) is 15.5. The molecule has 1 aromatic heterocycles. The summed E-state index contributed by atoms with van der Waals surface area (Å²) in [5.74, 6) is 0.688. The van der Waals surface area contributed by atoms with E-state index >= 15 is 0 Å². The van der Waals surface area contributed by atoms with E-state index in [0.717, 1.165) is 18.5 Å². The van der Waals surface area contributed by atoms with Crippen LogP contribution >= 0.6 is 0 Å². The van der Waals surface area contributed by atoms with Crippen molar-refractivity contribution in [1.29, 1.82) is 0 Å². The summed E-state index contributed by atoms with van der Waals surface area (Å²) in [4.78, 5) is 28.8. The van der Waals surface area contributed by atoms with Gasteiger partial charge in [-0.2, -0.15) is 4.68 Å². The molecule has 1 aliphatic rings. The Morgan fingerprint density at radius 1 is 0.969 bits per heavy atom. The number of rotatable bonds is 5. The van der Waals surface area contributed by atoms with Gasteiger partial charge in [0.15, 0.2) is 6.61 Å². The Balaban J connectivity index is 1.40. The van der Waals surface area contributed by atoms with Crippen LogP contribution in [0.4, 0.5) is 10.2 Å². The minimum absolute atomic E-state index is 0.0951. The molecule has 3 aromatic rings. The van der Waals surface area contributed by atoms with E-state index in [0.29, 0.717) is 36.9 Å². The van der Waals surface area contributed by atoms with Crippen molar-refractivity contribution in [3.63, 3.8) is 0 Å². The number of anilines is 1. The molecular formula is C24H25FN4O3. The van der Waals surface area contributed by atoms with E-state index < -0.39 is 0 Å². The summed E-state index contributed by atoms with van der Waals surface area (Å²) in [5.41, 5.74) is 1.63. The first-order valence-electron chi connectivity index (χ1n) is 10.6. The van der Waals surface area contributed by atoms with Crippen molar-refractivity contribution in [3.8, 4) is 11.4 Å². The maximum absolute atomic E-state index is 13.0. The minimum atomic E-state index is -0.349. The molecule has 0 spiro atoms.